The van der Waals surface area contributed by atoms with Gasteiger partial charge in [0.15, 0.2) is 11.5 Å². The summed E-state index contributed by atoms with van der Waals surface area (Å²) in [6.07, 6.45) is 0.796. The maximum absolute atomic E-state index is 11.8. The highest BCUT2D eigenvalue weighted by atomic mass is 79.9. The van der Waals surface area contributed by atoms with Crippen molar-refractivity contribution in [3.05, 3.63) is 58.1 Å². The maximum Gasteiger partial charge on any atom is 0.315 e. The molecule has 0 atom stereocenters. The standard InChI is InChI=1S/C17H17BrN2O3/c18-14-4-1-12(2-5-14)7-8-19-17(21)20-10-13-3-6-15-16(9-13)23-11-22-15/h1-6,9H,7-8,10-11H2,(H2,19,20,21). The maximum atomic E-state index is 11.8. The first-order valence-corrected chi connectivity index (χ1v) is 8.15. The molecule has 0 unspecified atom stereocenters. The molecule has 0 aliphatic carbocycles. The molecule has 2 aromatic rings. The van der Waals surface area contributed by atoms with E-state index in [1.165, 1.54) is 5.56 Å². The van der Waals surface area contributed by atoms with Crippen LogP contribution in [0.5, 0.6) is 11.5 Å². The van der Waals surface area contributed by atoms with Crippen molar-refractivity contribution in [2.75, 3.05) is 13.3 Å². The van der Waals surface area contributed by atoms with Gasteiger partial charge in [-0.15, -0.1) is 0 Å². The van der Waals surface area contributed by atoms with Crippen LogP contribution < -0.4 is 20.1 Å². The molecule has 0 spiro atoms. The molecule has 0 saturated carbocycles. The van der Waals surface area contributed by atoms with Gasteiger partial charge in [-0.1, -0.05) is 34.1 Å². The molecule has 0 saturated heterocycles. The molecule has 2 aromatic carbocycles. The fourth-order valence-corrected chi connectivity index (χ4v) is 2.53. The van der Waals surface area contributed by atoms with Crippen molar-refractivity contribution in [2.45, 2.75) is 13.0 Å². The highest BCUT2D eigenvalue weighted by molar-refractivity contribution is 9.10. The number of carbonyl (C=O) groups excluding carboxylic acids is 1. The van der Waals surface area contributed by atoms with Gasteiger partial charge in [-0.25, -0.2) is 4.79 Å². The van der Waals surface area contributed by atoms with Gasteiger partial charge in [0.05, 0.1) is 0 Å². The molecule has 0 fully saturated rings. The van der Waals surface area contributed by atoms with Crippen molar-refractivity contribution in [2.24, 2.45) is 0 Å². The highest BCUT2D eigenvalue weighted by Gasteiger charge is 2.13. The van der Waals surface area contributed by atoms with Crippen molar-refractivity contribution in [3.8, 4) is 11.5 Å². The lowest BCUT2D eigenvalue weighted by Gasteiger charge is -2.08. The summed E-state index contributed by atoms with van der Waals surface area (Å²) in [6.45, 7) is 1.29. The summed E-state index contributed by atoms with van der Waals surface area (Å²) in [5.41, 5.74) is 2.15. The second kappa shape index (κ2) is 7.37. The topological polar surface area (TPSA) is 59.6 Å². The average molecular weight is 377 g/mol. The van der Waals surface area contributed by atoms with E-state index < -0.39 is 0 Å². The van der Waals surface area contributed by atoms with Crippen LogP contribution in [0.15, 0.2) is 46.9 Å². The molecule has 2 amide bonds. The number of amides is 2. The third kappa shape index (κ3) is 4.39. The van der Waals surface area contributed by atoms with E-state index in [9.17, 15) is 4.79 Å². The van der Waals surface area contributed by atoms with E-state index in [1.807, 2.05) is 42.5 Å². The molecule has 1 aliphatic rings. The minimum absolute atomic E-state index is 0.181. The molecular weight excluding hydrogens is 360 g/mol. The van der Waals surface area contributed by atoms with Gasteiger partial charge >= 0.3 is 6.03 Å². The second-order valence-corrected chi connectivity index (χ2v) is 6.09. The van der Waals surface area contributed by atoms with Crippen LogP contribution >= 0.6 is 15.9 Å². The molecular formula is C17H17BrN2O3. The van der Waals surface area contributed by atoms with E-state index in [4.69, 9.17) is 9.47 Å². The zero-order chi connectivity index (χ0) is 16.1. The van der Waals surface area contributed by atoms with Crippen LogP contribution in [0.25, 0.3) is 0 Å². The third-order valence-corrected chi connectivity index (χ3v) is 4.03. The van der Waals surface area contributed by atoms with E-state index in [1.54, 1.807) is 0 Å². The van der Waals surface area contributed by atoms with Crippen LogP contribution in [0.4, 0.5) is 4.79 Å². The molecule has 0 aromatic heterocycles. The Morgan fingerprint density at radius 2 is 1.74 bits per heavy atom. The number of hydrogen-bond donors (Lipinski definition) is 2. The summed E-state index contributed by atoms with van der Waals surface area (Å²) in [6, 6.07) is 13.5. The van der Waals surface area contributed by atoms with Crippen LogP contribution in [0.2, 0.25) is 0 Å². The summed E-state index contributed by atoms with van der Waals surface area (Å²) < 4.78 is 11.6. The predicted octanol–water partition coefficient (Wildman–Crippen LogP) is 3.22. The van der Waals surface area contributed by atoms with Crippen LogP contribution in [0.1, 0.15) is 11.1 Å². The summed E-state index contributed by atoms with van der Waals surface area (Å²) in [7, 11) is 0. The number of fused-ring (bicyclic) bond motifs is 1. The number of urea groups is 1. The van der Waals surface area contributed by atoms with Crippen molar-refractivity contribution in [1.29, 1.82) is 0 Å². The summed E-state index contributed by atoms with van der Waals surface area (Å²) >= 11 is 3.40. The first-order chi connectivity index (χ1) is 11.2. The molecule has 0 bridgehead atoms. The van der Waals surface area contributed by atoms with Crippen LogP contribution in [0.3, 0.4) is 0 Å². The average Bonchev–Trinajstić information content (AvgIpc) is 3.02. The summed E-state index contributed by atoms with van der Waals surface area (Å²) in [4.78, 5) is 11.8. The Labute approximate surface area is 143 Å². The molecule has 1 heterocycles. The molecule has 0 radical (unpaired) electrons. The second-order valence-electron chi connectivity index (χ2n) is 5.17. The van der Waals surface area contributed by atoms with E-state index in [0.717, 1.165) is 28.0 Å². The molecule has 2 N–H and O–H groups in total. The number of halogens is 1. The van der Waals surface area contributed by atoms with E-state index >= 15 is 0 Å². The van der Waals surface area contributed by atoms with Crippen molar-refractivity contribution in [1.82, 2.24) is 10.6 Å². The quantitative estimate of drug-likeness (QED) is 0.841. The number of nitrogens with one attached hydrogen (secondary N) is 2. The van der Waals surface area contributed by atoms with Crippen LogP contribution in [0, 0.1) is 0 Å². The van der Waals surface area contributed by atoms with E-state index in [0.29, 0.717) is 13.1 Å². The fraction of sp³-hybridized carbons (Fsp3) is 0.235. The number of carbonyl (C=O) groups is 1. The Balaban J connectivity index is 1.40. The number of benzene rings is 2. The lowest BCUT2D eigenvalue weighted by molar-refractivity contribution is 0.174. The Kier molecular flexibility index (Phi) is 5.02. The van der Waals surface area contributed by atoms with Gasteiger partial charge in [0.2, 0.25) is 6.79 Å². The Morgan fingerprint density at radius 3 is 2.57 bits per heavy atom. The zero-order valence-electron chi connectivity index (χ0n) is 12.5. The largest absolute Gasteiger partial charge is 0.454 e. The van der Waals surface area contributed by atoms with Crippen molar-refractivity contribution < 1.29 is 14.3 Å². The van der Waals surface area contributed by atoms with Gasteiger partial charge in [0, 0.05) is 17.6 Å². The lowest BCUT2D eigenvalue weighted by atomic mass is 10.1. The Morgan fingerprint density at radius 1 is 1.00 bits per heavy atom. The van der Waals surface area contributed by atoms with Crippen LogP contribution in [-0.2, 0) is 13.0 Å². The zero-order valence-corrected chi connectivity index (χ0v) is 14.1. The first-order valence-electron chi connectivity index (χ1n) is 7.35. The fourth-order valence-electron chi connectivity index (χ4n) is 2.27. The van der Waals surface area contributed by atoms with Gasteiger partial charge in [0.25, 0.3) is 0 Å². The number of rotatable bonds is 5. The number of ether oxygens (including phenoxy) is 2. The van der Waals surface area contributed by atoms with Crippen LogP contribution in [-0.4, -0.2) is 19.4 Å². The minimum Gasteiger partial charge on any atom is -0.454 e. The van der Waals surface area contributed by atoms with E-state index in [2.05, 4.69) is 26.6 Å². The normalized spacial score (nSPS) is 12.0. The summed E-state index contributed by atoms with van der Waals surface area (Å²) in [5, 5.41) is 5.68. The Hall–Kier alpha value is -2.21. The summed E-state index contributed by atoms with van der Waals surface area (Å²) in [5.74, 6) is 1.47. The molecule has 23 heavy (non-hydrogen) atoms. The third-order valence-electron chi connectivity index (χ3n) is 3.50. The van der Waals surface area contributed by atoms with Gasteiger partial charge in [0.1, 0.15) is 0 Å². The minimum atomic E-state index is -0.181. The predicted molar refractivity (Wildman–Crippen MR) is 90.6 cm³/mol. The number of hydrogen-bond acceptors (Lipinski definition) is 3. The monoisotopic (exact) mass is 376 g/mol. The molecule has 1 aliphatic heterocycles. The van der Waals surface area contributed by atoms with E-state index in [-0.39, 0.29) is 12.8 Å². The van der Waals surface area contributed by atoms with Gasteiger partial charge in [-0.05, 0) is 41.8 Å². The van der Waals surface area contributed by atoms with Gasteiger partial charge < -0.3 is 20.1 Å². The van der Waals surface area contributed by atoms with Gasteiger partial charge in [-0.2, -0.15) is 0 Å². The molecule has 3 rings (SSSR count). The smallest absolute Gasteiger partial charge is 0.315 e. The lowest BCUT2D eigenvalue weighted by Crippen LogP contribution is -2.36. The SMILES string of the molecule is O=C(NCCc1ccc(Br)cc1)NCc1ccc2c(c1)OCO2. The Bertz CT molecular complexity index is 689. The van der Waals surface area contributed by atoms with Crippen molar-refractivity contribution in [3.63, 3.8) is 0 Å². The molecule has 5 nitrogen and oxygen atoms in total. The van der Waals surface area contributed by atoms with Crippen molar-refractivity contribution >= 4 is 22.0 Å². The molecule has 120 valence electrons. The van der Waals surface area contributed by atoms with Gasteiger partial charge in [-0.3, -0.25) is 0 Å². The molecule has 6 heteroatoms. The first kappa shape index (κ1) is 15.7. The highest BCUT2D eigenvalue weighted by Crippen LogP contribution is 2.32.